The molecular formula is C19H24N4O2. The van der Waals surface area contributed by atoms with E-state index in [1.807, 2.05) is 29.2 Å². The van der Waals surface area contributed by atoms with Gasteiger partial charge in [0.25, 0.3) is 0 Å². The second-order valence-corrected chi connectivity index (χ2v) is 6.62. The van der Waals surface area contributed by atoms with Crippen LogP contribution < -0.4 is 4.90 Å². The lowest BCUT2D eigenvalue weighted by Crippen LogP contribution is -2.45. The number of piperidine rings is 1. The third kappa shape index (κ3) is 4.11. The lowest BCUT2D eigenvalue weighted by Gasteiger charge is -2.29. The third-order valence-electron chi connectivity index (χ3n) is 4.96. The average molecular weight is 340 g/mol. The molecule has 2 aliphatic rings. The summed E-state index contributed by atoms with van der Waals surface area (Å²) in [4.78, 5) is 30.2. The van der Waals surface area contributed by atoms with Crippen LogP contribution >= 0.6 is 0 Å². The van der Waals surface area contributed by atoms with E-state index in [1.54, 1.807) is 4.90 Å². The summed E-state index contributed by atoms with van der Waals surface area (Å²) in [5.74, 6) is 0.129. The van der Waals surface area contributed by atoms with Crippen LogP contribution in [-0.2, 0) is 9.59 Å². The Hall–Kier alpha value is -2.55. The van der Waals surface area contributed by atoms with E-state index in [1.165, 1.54) is 0 Å². The molecule has 1 aromatic rings. The lowest BCUT2D eigenvalue weighted by atomic mass is 10.1. The van der Waals surface area contributed by atoms with Gasteiger partial charge in [0.05, 0.1) is 17.8 Å². The maximum absolute atomic E-state index is 12.6. The van der Waals surface area contributed by atoms with Gasteiger partial charge in [-0.15, -0.1) is 0 Å². The summed E-state index contributed by atoms with van der Waals surface area (Å²) in [6, 6.07) is 9.83. The van der Waals surface area contributed by atoms with Crippen LogP contribution in [0.3, 0.4) is 0 Å². The highest BCUT2D eigenvalue weighted by atomic mass is 16.2. The molecule has 6 nitrogen and oxygen atoms in total. The molecule has 6 heteroatoms. The average Bonchev–Trinajstić information content (AvgIpc) is 2.89. The van der Waals surface area contributed by atoms with Gasteiger partial charge in [0.1, 0.15) is 6.07 Å². The van der Waals surface area contributed by atoms with Crippen molar-refractivity contribution in [3.63, 3.8) is 0 Å². The number of nitrogens with zero attached hydrogens (tertiary/aromatic N) is 4. The second kappa shape index (κ2) is 8.02. The van der Waals surface area contributed by atoms with Crippen LogP contribution in [0.1, 0.15) is 31.2 Å². The van der Waals surface area contributed by atoms with Crippen LogP contribution in [0.4, 0.5) is 5.69 Å². The highest BCUT2D eigenvalue weighted by Gasteiger charge is 2.25. The van der Waals surface area contributed by atoms with Crippen LogP contribution in [0.15, 0.2) is 24.3 Å². The zero-order chi connectivity index (χ0) is 17.6. The number of carbonyl (C=O) groups is 2. The first-order valence-electron chi connectivity index (χ1n) is 8.98. The van der Waals surface area contributed by atoms with Gasteiger partial charge in [0.2, 0.25) is 11.8 Å². The van der Waals surface area contributed by atoms with Crippen molar-refractivity contribution in [1.29, 1.82) is 5.26 Å². The summed E-state index contributed by atoms with van der Waals surface area (Å²) in [5.41, 5.74) is 1.60. The Labute approximate surface area is 148 Å². The maximum atomic E-state index is 12.6. The molecule has 25 heavy (non-hydrogen) atoms. The van der Waals surface area contributed by atoms with Crippen molar-refractivity contribution in [2.45, 2.75) is 25.7 Å². The zero-order valence-corrected chi connectivity index (χ0v) is 14.5. The largest absolute Gasteiger partial charge is 0.369 e. The Morgan fingerprint density at radius 3 is 2.68 bits per heavy atom. The number of anilines is 1. The van der Waals surface area contributed by atoms with E-state index in [0.29, 0.717) is 38.2 Å². The molecule has 2 heterocycles. The van der Waals surface area contributed by atoms with Gasteiger partial charge in [-0.2, -0.15) is 5.26 Å². The SMILES string of the molecule is N#Cc1ccccc1N1CCCN(C(=O)CN2CCCCC2=O)CC1. The van der Waals surface area contributed by atoms with Crippen molar-refractivity contribution in [1.82, 2.24) is 9.80 Å². The fourth-order valence-electron chi connectivity index (χ4n) is 3.54. The quantitative estimate of drug-likeness (QED) is 0.838. The normalized spacial score (nSPS) is 18.7. The molecule has 132 valence electrons. The molecule has 0 N–H and O–H groups in total. The molecule has 0 radical (unpaired) electrons. The first-order chi connectivity index (χ1) is 12.2. The van der Waals surface area contributed by atoms with Crippen LogP contribution in [0, 0.1) is 11.3 Å². The predicted octanol–water partition coefficient (Wildman–Crippen LogP) is 1.61. The van der Waals surface area contributed by atoms with Crippen molar-refractivity contribution in [2.24, 2.45) is 0 Å². The highest BCUT2D eigenvalue weighted by Crippen LogP contribution is 2.21. The van der Waals surface area contributed by atoms with E-state index < -0.39 is 0 Å². The fourth-order valence-corrected chi connectivity index (χ4v) is 3.54. The molecule has 0 atom stereocenters. The first-order valence-corrected chi connectivity index (χ1v) is 8.98. The number of nitriles is 1. The molecule has 2 amide bonds. The second-order valence-electron chi connectivity index (χ2n) is 6.62. The number of benzene rings is 1. The summed E-state index contributed by atoms with van der Waals surface area (Å²) in [5, 5.41) is 9.29. The van der Waals surface area contributed by atoms with Crippen molar-refractivity contribution < 1.29 is 9.59 Å². The number of hydrogen-bond donors (Lipinski definition) is 0. The number of carbonyl (C=O) groups excluding carboxylic acids is 2. The van der Waals surface area contributed by atoms with Gasteiger partial charge in [-0.05, 0) is 31.4 Å². The standard InChI is InChI=1S/C19H24N4O2/c20-14-16-6-1-2-7-17(16)21-10-5-11-22(13-12-21)19(25)15-23-9-4-3-8-18(23)24/h1-2,6-7H,3-5,8-13,15H2. The molecule has 1 aromatic carbocycles. The molecular weight excluding hydrogens is 316 g/mol. The van der Waals surface area contributed by atoms with E-state index in [9.17, 15) is 14.9 Å². The summed E-state index contributed by atoms with van der Waals surface area (Å²) in [6.07, 6.45) is 3.34. The van der Waals surface area contributed by atoms with Gasteiger partial charge in [-0.25, -0.2) is 0 Å². The highest BCUT2D eigenvalue weighted by molar-refractivity contribution is 5.85. The Morgan fingerprint density at radius 2 is 1.88 bits per heavy atom. The fraction of sp³-hybridized carbons (Fsp3) is 0.526. The van der Waals surface area contributed by atoms with Gasteiger partial charge in [0.15, 0.2) is 0 Å². The Kier molecular flexibility index (Phi) is 5.54. The van der Waals surface area contributed by atoms with Crippen LogP contribution in [-0.4, -0.2) is 60.9 Å². The third-order valence-corrected chi connectivity index (χ3v) is 4.96. The minimum atomic E-state index is 0.0330. The van der Waals surface area contributed by atoms with Crippen molar-refractivity contribution in [2.75, 3.05) is 44.2 Å². The Bertz CT molecular complexity index is 682. The topological polar surface area (TPSA) is 67.7 Å². The Balaban J connectivity index is 1.60. The van der Waals surface area contributed by atoms with Crippen LogP contribution in [0.5, 0.6) is 0 Å². The molecule has 0 aromatic heterocycles. The van der Waals surface area contributed by atoms with Gasteiger partial charge in [-0.1, -0.05) is 12.1 Å². The van der Waals surface area contributed by atoms with Crippen molar-refractivity contribution in [3.8, 4) is 6.07 Å². The molecule has 0 spiro atoms. The van der Waals surface area contributed by atoms with Gasteiger partial charge < -0.3 is 14.7 Å². The van der Waals surface area contributed by atoms with E-state index >= 15 is 0 Å². The maximum Gasteiger partial charge on any atom is 0.242 e. The monoisotopic (exact) mass is 340 g/mol. The summed E-state index contributed by atoms with van der Waals surface area (Å²) in [6.45, 7) is 3.75. The minimum absolute atomic E-state index is 0.0330. The molecule has 0 bridgehead atoms. The molecule has 2 fully saturated rings. The van der Waals surface area contributed by atoms with Gasteiger partial charge in [0, 0.05) is 39.1 Å². The molecule has 0 saturated carbocycles. The number of amides is 2. The predicted molar refractivity (Wildman–Crippen MR) is 95.0 cm³/mol. The number of rotatable bonds is 3. The van der Waals surface area contributed by atoms with Crippen molar-refractivity contribution >= 4 is 17.5 Å². The number of likely N-dealkylation sites (tertiary alicyclic amines) is 1. The summed E-state index contributed by atoms with van der Waals surface area (Å²) >= 11 is 0. The van der Waals surface area contributed by atoms with Crippen molar-refractivity contribution in [3.05, 3.63) is 29.8 Å². The molecule has 2 aliphatic heterocycles. The molecule has 0 aliphatic carbocycles. The summed E-state index contributed by atoms with van der Waals surface area (Å²) < 4.78 is 0. The van der Waals surface area contributed by atoms with Gasteiger partial charge >= 0.3 is 0 Å². The van der Waals surface area contributed by atoms with E-state index in [4.69, 9.17) is 0 Å². The number of para-hydroxylation sites is 1. The number of hydrogen-bond acceptors (Lipinski definition) is 4. The van der Waals surface area contributed by atoms with E-state index in [0.717, 1.165) is 31.5 Å². The van der Waals surface area contributed by atoms with Crippen LogP contribution in [0.25, 0.3) is 0 Å². The molecule has 0 unspecified atom stereocenters. The smallest absolute Gasteiger partial charge is 0.242 e. The lowest BCUT2D eigenvalue weighted by molar-refractivity contribution is -0.141. The van der Waals surface area contributed by atoms with Crippen LogP contribution in [0.2, 0.25) is 0 Å². The molecule has 3 rings (SSSR count). The Morgan fingerprint density at radius 1 is 1.04 bits per heavy atom. The minimum Gasteiger partial charge on any atom is -0.369 e. The first kappa shape index (κ1) is 17.3. The van der Waals surface area contributed by atoms with Gasteiger partial charge in [-0.3, -0.25) is 9.59 Å². The molecule has 2 saturated heterocycles. The summed E-state index contributed by atoms with van der Waals surface area (Å²) in [7, 11) is 0. The van der Waals surface area contributed by atoms with E-state index in [2.05, 4.69) is 11.0 Å². The zero-order valence-electron chi connectivity index (χ0n) is 14.5. The van der Waals surface area contributed by atoms with E-state index in [-0.39, 0.29) is 18.4 Å².